The molecule has 3 aromatic carbocycles. The van der Waals surface area contributed by atoms with E-state index in [0.717, 1.165) is 16.8 Å². The summed E-state index contributed by atoms with van der Waals surface area (Å²) in [7, 11) is 4.51. The zero-order chi connectivity index (χ0) is 26.3. The van der Waals surface area contributed by atoms with E-state index >= 15 is 0 Å². The summed E-state index contributed by atoms with van der Waals surface area (Å²) < 4.78 is 30.3. The Morgan fingerprint density at radius 3 is 2.35 bits per heavy atom. The molecule has 1 amide bonds. The van der Waals surface area contributed by atoms with E-state index in [1.165, 1.54) is 42.6 Å². The number of halogens is 1. The van der Waals surface area contributed by atoms with Gasteiger partial charge in [-0.2, -0.15) is 0 Å². The van der Waals surface area contributed by atoms with Gasteiger partial charge in [-0.3, -0.25) is 14.5 Å². The van der Waals surface area contributed by atoms with E-state index in [0.29, 0.717) is 28.3 Å². The van der Waals surface area contributed by atoms with Crippen LogP contribution < -0.4 is 19.1 Å². The molecular formula is C27H21FN2O6S. The first kappa shape index (κ1) is 24.3. The van der Waals surface area contributed by atoms with Crippen LogP contribution in [-0.2, 0) is 9.59 Å². The molecule has 1 aromatic heterocycles. The molecule has 0 spiro atoms. The zero-order valence-electron chi connectivity index (χ0n) is 20.0. The van der Waals surface area contributed by atoms with Crippen molar-refractivity contribution in [2.45, 2.75) is 6.04 Å². The van der Waals surface area contributed by atoms with Crippen molar-refractivity contribution in [1.29, 1.82) is 0 Å². The summed E-state index contributed by atoms with van der Waals surface area (Å²) in [4.78, 5) is 32.6. The summed E-state index contributed by atoms with van der Waals surface area (Å²) >= 11 is 1.21. The third kappa shape index (κ3) is 4.15. The molecule has 0 bridgehead atoms. The Bertz CT molecular complexity index is 1560. The third-order valence-corrected chi connectivity index (χ3v) is 7.09. The van der Waals surface area contributed by atoms with Crippen LogP contribution in [0.5, 0.6) is 17.2 Å². The average Bonchev–Trinajstić information content (AvgIpc) is 3.45. The molecule has 1 aliphatic heterocycles. The smallest absolute Gasteiger partial charge is 0.301 e. The SMILES string of the molecule is COc1ccc2nc(N3C(=O)C(=O)/C(=C(/O)c4ccc(F)cc4)[C@@H]3c3ccc(OC)c(OC)c3)sc2c1. The predicted octanol–water partition coefficient (Wildman–Crippen LogP) is 5.09. The molecule has 2 heterocycles. The number of hydrogen-bond acceptors (Lipinski definition) is 8. The van der Waals surface area contributed by atoms with Gasteiger partial charge >= 0.3 is 5.91 Å². The number of hydrogen-bond donors (Lipinski definition) is 1. The van der Waals surface area contributed by atoms with Gasteiger partial charge in [-0.1, -0.05) is 17.4 Å². The molecule has 1 aliphatic rings. The maximum absolute atomic E-state index is 13.5. The first-order valence-electron chi connectivity index (χ1n) is 11.1. The largest absolute Gasteiger partial charge is 0.507 e. The molecule has 1 saturated heterocycles. The maximum Gasteiger partial charge on any atom is 0.301 e. The average molecular weight is 521 g/mol. The van der Waals surface area contributed by atoms with Crippen LogP contribution in [0.1, 0.15) is 17.2 Å². The van der Waals surface area contributed by atoms with Gasteiger partial charge in [0.2, 0.25) is 0 Å². The van der Waals surface area contributed by atoms with Crippen LogP contribution >= 0.6 is 11.3 Å². The monoisotopic (exact) mass is 520 g/mol. The van der Waals surface area contributed by atoms with Crippen molar-refractivity contribution < 1.29 is 33.3 Å². The molecule has 0 aliphatic carbocycles. The van der Waals surface area contributed by atoms with Gasteiger partial charge in [-0.05, 0) is 60.2 Å². The fourth-order valence-electron chi connectivity index (χ4n) is 4.25. The Hall–Kier alpha value is -4.44. The molecule has 1 fully saturated rings. The van der Waals surface area contributed by atoms with E-state index in [1.54, 1.807) is 43.5 Å². The van der Waals surface area contributed by atoms with Crippen LogP contribution in [-0.4, -0.2) is 43.1 Å². The van der Waals surface area contributed by atoms with Crippen LogP contribution in [0, 0.1) is 5.82 Å². The third-order valence-electron chi connectivity index (χ3n) is 6.08. The van der Waals surface area contributed by atoms with Crippen molar-refractivity contribution in [2.24, 2.45) is 0 Å². The Morgan fingerprint density at radius 1 is 0.946 bits per heavy atom. The lowest BCUT2D eigenvalue weighted by Crippen LogP contribution is -2.29. The minimum absolute atomic E-state index is 0.152. The molecule has 8 nitrogen and oxygen atoms in total. The van der Waals surface area contributed by atoms with Gasteiger partial charge in [0.25, 0.3) is 5.78 Å². The van der Waals surface area contributed by atoms with Gasteiger partial charge in [-0.25, -0.2) is 9.37 Å². The number of nitrogens with zero attached hydrogens (tertiary/aromatic N) is 2. The fourth-order valence-corrected chi connectivity index (χ4v) is 5.27. The van der Waals surface area contributed by atoms with Crippen LogP contribution in [0.15, 0.2) is 66.2 Å². The number of anilines is 1. The van der Waals surface area contributed by atoms with E-state index < -0.39 is 29.3 Å². The van der Waals surface area contributed by atoms with E-state index in [9.17, 15) is 19.1 Å². The number of fused-ring (bicyclic) bond motifs is 1. The molecule has 10 heteroatoms. The number of carbonyl (C=O) groups excluding carboxylic acids is 2. The molecule has 4 aromatic rings. The van der Waals surface area contributed by atoms with Crippen LogP contribution in [0.2, 0.25) is 0 Å². The standard InChI is InChI=1S/C27H21FN2O6S/c1-34-17-9-10-18-21(13-17)37-27(29-18)30-23(15-6-11-19(35-2)20(12-15)36-3)22(25(32)26(30)33)24(31)14-4-7-16(28)8-5-14/h4-13,23,31H,1-3H3/b24-22+/t23-/m0/s1. The highest BCUT2D eigenvalue weighted by Gasteiger charge is 2.48. The number of thiazole rings is 1. The van der Waals surface area contributed by atoms with Gasteiger partial charge in [0.1, 0.15) is 17.3 Å². The minimum atomic E-state index is -1.03. The topological polar surface area (TPSA) is 98.2 Å². The van der Waals surface area contributed by atoms with Crippen molar-refractivity contribution in [1.82, 2.24) is 4.98 Å². The number of aliphatic hydroxyl groups excluding tert-OH is 1. The summed E-state index contributed by atoms with van der Waals surface area (Å²) in [5.74, 6) is -1.22. The number of aliphatic hydroxyl groups is 1. The van der Waals surface area contributed by atoms with Crippen LogP contribution in [0.4, 0.5) is 9.52 Å². The van der Waals surface area contributed by atoms with Gasteiger partial charge in [0, 0.05) is 5.56 Å². The molecule has 0 unspecified atom stereocenters. The molecule has 1 N–H and O–H groups in total. The van der Waals surface area contributed by atoms with Crippen LogP contribution in [0.3, 0.4) is 0 Å². The second-order valence-electron chi connectivity index (χ2n) is 8.12. The quantitative estimate of drug-likeness (QED) is 0.215. The molecule has 188 valence electrons. The zero-order valence-corrected chi connectivity index (χ0v) is 20.8. The summed E-state index contributed by atoms with van der Waals surface area (Å²) in [5.41, 5.74) is 1.14. The Morgan fingerprint density at radius 2 is 1.68 bits per heavy atom. The van der Waals surface area contributed by atoms with Crippen LogP contribution in [0.25, 0.3) is 16.0 Å². The number of methoxy groups -OCH3 is 3. The normalized spacial score (nSPS) is 16.9. The summed E-state index contributed by atoms with van der Waals surface area (Å²) in [6.07, 6.45) is 0. The fraction of sp³-hybridized carbons (Fsp3) is 0.148. The lowest BCUT2D eigenvalue weighted by molar-refractivity contribution is -0.132. The molecule has 0 radical (unpaired) electrons. The number of rotatable bonds is 6. The number of Topliss-reactive ketones (excluding diaryl/α,β-unsaturated/α-hetero) is 1. The van der Waals surface area contributed by atoms with E-state index in [1.807, 2.05) is 0 Å². The summed E-state index contributed by atoms with van der Waals surface area (Å²) in [6.45, 7) is 0. The Labute approximate surface area is 215 Å². The van der Waals surface area contributed by atoms with Gasteiger partial charge in [0.05, 0.1) is 43.2 Å². The van der Waals surface area contributed by atoms with Crippen molar-refractivity contribution in [3.8, 4) is 17.2 Å². The lowest BCUT2D eigenvalue weighted by Gasteiger charge is -2.23. The molecule has 0 saturated carbocycles. The number of ether oxygens (including phenoxy) is 3. The van der Waals surface area contributed by atoms with Gasteiger partial charge in [0.15, 0.2) is 16.6 Å². The first-order valence-corrected chi connectivity index (χ1v) is 11.9. The van der Waals surface area contributed by atoms with Crippen molar-refractivity contribution in [3.05, 3.63) is 83.2 Å². The Kier molecular flexibility index (Phi) is 6.26. The van der Waals surface area contributed by atoms with E-state index in [2.05, 4.69) is 4.98 Å². The maximum atomic E-state index is 13.5. The number of benzene rings is 3. The molecular weight excluding hydrogens is 499 g/mol. The van der Waals surface area contributed by atoms with Gasteiger partial charge < -0.3 is 19.3 Å². The van der Waals surface area contributed by atoms with Crippen molar-refractivity contribution >= 4 is 44.1 Å². The second-order valence-corrected chi connectivity index (χ2v) is 9.13. The van der Waals surface area contributed by atoms with E-state index in [-0.39, 0.29) is 16.3 Å². The van der Waals surface area contributed by atoms with E-state index in [4.69, 9.17) is 14.2 Å². The molecule has 37 heavy (non-hydrogen) atoms. The molecule has 1 atom stereocenters. The minimum Gasteiger partial charge on any atom is -0.507 e. The van der Waals surface area contributed by atoms with Gasteiger partial charge in [-0.15, -0.1) is 0 Å². The number of ketones is 1. The number of amides is 1. The molecule has 5 rings (SSSR count). The number of carbonyl (C=O) groups is 2. The predicted molar refractivity (Wildman–Crippen MR) is 137 cm³/mol. The highest BCUT2D eigenvalue weighted by Crippen LogP contribution is 2.46. The highest BCUT2D eigenvalue weighted by molar-refractivity contribution is 7.22. The number of aromatic nitrogens is 1. The second kappa shape index (κ2) is 9.55. The Balaban J connectivity index is 1.73. The summed E-state index contributed by atoms with van der Waals surface area (Å²) in [6, 6.07) is 14.2. The van der Waals surface area contributed by atoms with Crippen molar-refractivity contribution in [3.63, 3.8) is 0 Å². The first-order chi connectivity index (χ1) is 17.9. The van der Waals surface area contributed by atoms with Crippen molar-refractivity contribution in [2.75, 3.05) is 26.2 Å². The lowest BCUT2D eigenvalue weighted by atomic mass is 9.95. The highest BCUT2D eigenvalue weighted by atomic mass is 32.1. The summed E-state index contributed by atoms with van der Waals surface area (Å²) in [5, 5.41) is 11.5.